The Bertz CT molecular complexity index is 928. The lowest BCUT2D eigenvalue weighted by Crippen LogP contribution is -2.16. The molecule has 1 N–H and O–H groups in total. The second-order valence-corrected chi connectivity index (χ2v) is 6.80. The molecule has 0 radical (unpaired) electrons. The van der Waals surface area contributed by atoms with Crippen molar-refractivity contribution < 1.29 is 13.9 Å². The first-order valence-corrected chi connectivity index (χ1v) is 8.90. The topological polar surface area (TPSA) is 81.7 Å². The van der Waals surface area contributed by atoms with E-state index in [2.05, 4.69) is 38.2 Å². The maximum absolute atomic E-state index is 12.1. The number of hydrogen-bond acceptors (Lipinski definition) is 5. The molecular formula is C18H17IN4O3. The highest BCUT2D eigenvalue weighted by molar-refractivity contribution is 14.1. The number of hydrogen-bond donors (Lipinski definition) is 1. The SMILES string of the molecule is Cc1nn(C)cc1C=NNC(=O)c1ccc(COc2ccc(I)cc2)o1. The van der Waals surface area contributed by atoms with Crippen LogP contribution in [0.1, 0.15) is 27.6 Å². The number of rotatable bonds is 6. The lowest BCUT2D eigenvalue weighted by molar-refractivity contribution is 0.0923. The number of hydrazone groups is 1. The Balaban J connectivity index is 1.54. The molecule has 3 rings (SSSR count). The summed E-state index contributed by atoms with van der Waals surface area (Å²) in [4.78, 5) is 12.1. The molecule has 26 heavy (non-hydrogen) atoms. The Morgan fingerprint density at radius 2 is 2.12 bits per heavy atom. The highest BCUT2D eigenvalue weighted by Crippen LogP contribution is 2.16. The molecule has 3 aromatic rings. The first-order valence-electron chi connectivity index (χ1n) is 7.82. The summed E-state index contributed by atoms with van der Waals surface area (Å²) >= 11 is 2.23. The lowest BCUT2D eigenvalue weighted by atomic mass is 10.3. The third-order valence-corrected chi connectivity index (χ3v) is 4.22. The predicted octanol–water partition coefficient (Wildman–Crippen LogP) is 3.27. The molecule has 0 bridgehead atoms. The van der Waals surface area contributed by atoms with E-state index in [4.69, 9.17) is 9.15 Å². The third kappa shape index (κ3) is 4.72. The van der Waals surface area contributed by atoms with E-state index in [9.17, 15) is 4.79 Å². The van der Waals surface area contributed by atoms with Gasteiger partial charge in [-0.2, -0.15) is 10.2 Å². The Hall–Kier alpha value is -2.62. The maximum atomic E-state index is 12.1. The van der Waals surface area contributed by atoms with E-state index >= 15 is 0 Å². The van der Waals surface area contributed by atoms with Crippen molar-refractivity contribution >= 4 is 34.7 Å². The molecule has 0 atom stereocenters. The zero-order valence-corrected chi connectivity index (χ0v) is 16.4. The van der Waals surface area contributed by atoms with Crippen LogP contribution in [0, 0.1) is 10.5 Å². The number of halogens is 1. The Morgan fingerprint density at radius 1 is 1.35 bits per heavy atom. The van der Waals surface area contributed by atoms with Gasteiger partial charge in [0.25, 0.3) is 0 Å². The Labute approximate surface area is 164 Å². The van der Waals surface area contributed by atoms with Crippen LogP contribution in [0.3, 0.4) is 0 Å². The first-order chi connectivity index (χ1) is 12.5. The fourth-order valence-electron chi connectivity index (χ4n) is 2.22. The van der Waals surface area contributed by atoms with E-state index in [1.807, 2.05) is 44.4 Å². The normalized spacial score (nSPS) is 11.0. The summed E-state index contributed by atoms with van der Waals surface area (Å²) in [5.74, 6) is 1.04. The fourth-order valence-corrected chi connectivity index (χ4v) is 2.58. The molecular weight excluding hydrogens is 447 g/mol. The van der Waals surface area contributed by atoms with Crippen LogP contribution in [0.15, 0.2) is 52.1 Å². The van der Waals surface area contributed by atoms with Gasteiger partial charge in [-0.1, -0.05) is 0 Å². The van der Waals surface area contributed by atoms with Gasteiger partial charge in [-0.15, -0.1) is 0 Å². The summed E-state index contributed by atoms with van der Waals surface area (Å²) in [5, 5.41) is 8.13. The number of amides is 1. The van der Waals surface area contributed by atoms with E-state index < -0.39 is 5.91 Å². The van der Waals surface area contributed by atoms with Crippen molar-refractivity contribution in [2.75, 3.05) is 0 Å². The van der Waals surface area contributed by atoms with E-state index in [-0.39, 0.29) is 12.4 Å². The number of nitrogens with one attached hydrogen (secondary N) is 1. The van der Waals surface area contributed by atoms with E-state index in [0.717, 1.165) is 20.6 Å². The number of furan rings is 1. The standard InChI is InChI=1S/C18H17IN4O3/c1-12-13(10-23(2)22-12)9-20-21-18(24)17-8-7-16(26-17)11-25-15-5-3-14(19)4-6-15/h3-10H,11H2,1-2H3,(H,21,24). The van der Waals surface area contributed by atoms with Crippen molar-refractivity contribution in [3.05, 3.63) is 68.9 Å². The molecule has 0 fully saturated rings. The van der Waals surface area contributed by atoms with Gasteiger partial charge in [0.15, 0.2) is 5.76 Å². The molecule has 0 aliphatic heterocycles. The number of nitrogens with zero attached hydrogens (tertiary/aromatic N) is 3. The van der Waals surface area contributed by atoms with Crippen molar-refractivity contribution in [3.8, 4) is 5.75 Å². The minimum absolute atomic E-state index is 0.172. The molecule has 7 nitrogen and oxygen atoms in total. The largest absolute Gasteiger partial charge is 0.486 e. The van der Waals surface area contributed by atoms with Crippen LogP contribution in [-0.4, -0.2) is 21.9 Å². The van der Waals surface area contributed by atoms with Gasteiger partial charge in [0.2, 0.25) is 0 Å². The van der Waals surface area contributed by atoms with Crippen molar-refractivity contribution in [2.24, 2.45) is 12.1 Å². The van der Waals surface area contributed by atoms with Crippen molar-refractivity contribution in [2.45, 2.75) is 13.5 Å². The predicted molar refractivity (Wildman–Crippen MR) is 105 cm³/mol. The summed E-state index contributed by atoms with van der Waals surface area (Å²) in [6.45, 7) is 2.11. The highest BCUT2D eigenvalue weighted by Gasteiger charge is 2.11. The zero-order valence-electron chi connectivity index (χ0n) is 14.3. The van der Waals surface area contributed by atoms with Gasteiger partial charge >= 0.3 is 5.91 Å². The number of benzene rings is 1. The molecule has 2 aromatic heterocycles. The molecule has 0 unspecified atom stereocenters. The van der Waals surface area contributed by atoms with Crippen molar-refractivity contribution in [1.29, 1.82) is 0 Å². The summed E-state index contributed by atoms with van der Waals surface area (Å²) in [6.07, 6.45) is 3.36. The Kier molecular flexibility index (Phi) is 5.71. The molecule has 0 spiro atoms. The smallest absolute Gasteiger partial charge is 0.307 e. The van der Waals surface area contributed by atoms with E-state index in [1.54, 1.807) is 23.0 Å². The fraction of sp³-hybridized carbons (Fsp3) is 0.167. The summed E-state index contributed by atoms with van der Waals surface area (Å²) in [6, 6.07) is 11.0. The maximum Gasteiger partial charge on any atom is 0.307 e. The summed E-state index contributed by atoms with van der Waals surface area (Å²) < 4.78 is 13.9. The minimum atomic E-state index is -0.427. The van der Waals surface area contributed by atoms with Crippen LogP contribution in [0.25, 0.3) is 0 Å². The second kappa shape index (κ2) is 8.17. The molecule has 0 aliphatic carbocycles. The van der Waals surface area contributed by atoms with Gasteiger partial charge in [0.1, 0.15) is 18.1 Å². The van der Waals surface area contributed by atoms with Crippen LogP contribution in [0.2, 0.25) is 0 Å². The van der Waals surface area contributed by atoms with Gasteiger partial charge in [0, 0.05) is 22.4 Å². The number of aromatic nitrogens is 2. The van der Waals surface area contributed by atoms with Gasteiger partial charge in [-0.25, -0.2) is 5.43 Å². The second-order valence-electron chi connectivity index (χ2n) is 5.55. The van der Waals surface area contributed by atoms with Crippen LogP contribution in [0.5, 0.6) is 5.75 Å². The number of aryl methyl sites for hydroxylation is 2. The van der Waals surface area contributed by atoms with Gasteiger partial charge in [-0.05, 0) is 65.9 Å². The number of carbonyl (C=O) groups is 1. The van der Waals surface area contributed by atoms with Crippen LogP contribution in [-0.2, 0) is 13.7 Å². The first kappa shape index (κ1) is 18.2. The summed E-state index contributed by atoms with van der Waals surface area (Å²) in [5.41, 5.74) is 4.10. The Morgan fingerprint density at radius 3 is 2.81 bits per heavy atom. The van der Waals surface area contributed by atoms with Gasteiger partial charge < -0.3 is 9.15 Å². The lowest BCUT2D eigenvalue weighted by Gasteiger charge is -2.03. The van der Waals surface area contributed by atoms with Gasteiger partial charge in [-0.3, -0.25) is 9.48 Å². The van der Waals surface area contributed by atoms with E-state index in [1.165, 1.54) is 0 Å². The molecule has 0 saturated carbocycles. The monoisotopic (exact) mass is 464 g/mol. The third-order valence-electron chi connectivity index (χ3n) is 3.50. The number of ether oxygens (including phenoxy) is 1. The van der Waals surface area contributed by atoms with Crippen LogP contribution in [0.4, 0.5) is 0 Å². The molecule has 8 heteroatoms. The molecule has 2 heterocycles. The van der Waals surface area contributed by atoms with Crippen LogP contribution < -0.4 is 10.2 Å². The quantitative estimate of drug-likeness (QED) is 0.345. The van der Waals surface area contributed by atoms with Crippen molar-refractivity contribution in [3.63, 3.8) is 0 Å². The molecule has 134 valence electrons. The number of carbonyl (C=O) groups excluding carboxylic acids is 1. The van der Waals surface area contributed by atoms with Gasteiger partial charge in [0.05, 0.1) is 11.9 Å². The molecule has 1 amide bonds. The highest BCUT2D eigenvalue weighted by atomic mass is 127. The molecule has 0 aliphatic rings. The summed E-state index contributed by atoms with van der Waals surface area (Å²) in [7, 11) is 1.83. The zero-order chi connectivity index (χ0) is 18.5. The average molecular weight is 464 g/mol. The minimum Gasteiger partial charge on any atom is -0.486 e. The van der Waals surface area contributed by atoms with E-state index in [0.29, 0.717) is 5.76 Å². The van der Waals surface area contributed by atoms with Crippen LogP contribution >= 0.6 is 22.6 Å². The van der Waals surface area contributed by atoms with Crippen molar-refractivity contribution in [1.82, 2.24) is 15.2 Å². The average Bonchev–Trinajstić information content (AvgIpc) is 3.21. The molecule has 0 saturated heterocycles. The molecule has 1 aromatic carbocycles.